The molecule has 0 amide bonds. The number of aliphatic imine (C=N–C) groups is 1. The van der Waals surface area contributed by atoms with Gasteiger partial charge in [0.05, 0.1) is 12.3 Å². The van der Waals surface area contributed by atoms with Gasteiger partial charge in [-0.2, -0.15) is 0 Å². The Bertz CT molecular complexity index is 325. The minimum Gasteiger partial charge on any atom is -0.370 e. The molecule has 0 saturated carbocycles. The van der Waals surface area contributed by atoms with Gasteiger partial charge in [-0.1, -0.05) is 0 Å². The first kappa shape index (κ1) is 15.9. The number of nitrogens with two attached hydrogens (primary N) is 2. The molecule has 0 unspecified atom stereocenters. The van der Waals surface area contributed by atoms with Crippen molar-refractivity contribution in [2.24, 2.45) is 15.9 Å². The van der Waals surface area contributed by atoms with Crippen LogP contribution in [0, 0.1) is 0 Å². The molecule has 4 N–H and O–H groups in total. The largest absolute Gasteiger partial charge is 0.370 e. The minimum absolute atomic E-state index is 0. The zero-order valence-electron chi connectivity index (χ0n) is 9.13. The molecule has 1 aliphatic heterocycles. The molecule has 8 heteroatoms. The molecule has 1 aliphatic rings. The lowest BCUT2D eigenvalue weighted by molar-refractivity contribution is 0.338. The lowest BCUT2D eigenvalue weighted by Gasteiger charge is -2.27. The highest BCUT2D eigenvalue weighted by atomic mass is 127. The average Bonchev–Trinajstić information content (AvgIpc) is 2.17. The highest BCUT2D eigenvalue weighted by molar-refractivity contribution is 14.0. The Morgan fingerprint density at radius 1 is 1.25 bits per heavy atom. The van der Waals surface area contributed by atoms with E-state index in [1.807, 2.05) is 4.90 Å². The van der Waals surface area contributed by atoms with Crippen LogP contribution in [-0.4, -0.2) is 44.7 Å². The maximum Gasteiger partial charge on any atom is 0.210 e. The number of rotatable bonds is 3. The van der Waals surface area contributed by atoms with E-state index in [-0.39, 0.29) is 36.3 Å². The third-order valence-electron chi connectivity index (χ3n) is 2.33. The van der Waals surface area contributed by atoms with Crippen LogP contribution < -0.4 is 10.9 Å². The molecule has 1 rings (SSSR count). The minimum atomic E-state index is -3.43. The summed E-state index contributed by atoms with van der Waals surface area (Å²) >= 11 is 0. The molecule has 1 heterocycles. The molecule has 0 spiro atoms. The second-order valence-corrected chi connectivity index (χ2v) is 5.39. The van der Waals surface area contributed by atoms with Gasteiger partial charge in [0.15, 0.2) is 5.96 Å². The van der Waals surface area contributed by atoms with E-state index in [1.54, 1.807) is 0 Å². The van der Waals surface area contributed by atoms with Gasteiger partial charge in [0.2, 0.25) is 10.0 Å². The summed E-state index contributed by atoms with van der Waals surface area (Å²) in [6, 6.07) is 0. The van der Waals surface area contributed by atoms with Gasteiger partial charge in [-0.15, -0.1) is 24.0 Å². The number of likely N-dealkylation sites (tertiary alicyclic amines) is 1. The molecule has 0 aromatic heterocycles. The summed E-state index contributed by atoms with van der Waals surface area (Å²) in [4.78, 5) is 5.97. The molecule has 0 bridgehead atoms. The zero-order valence-corrected chi connectivity index (χ0v) is 12.3. The number of primary sulfonamides is 1. The van der Waals surface area contributed by atoms with E-state index in [9.17, 15) is 8.42 Å². The van der Waals surface area contributed by atoms with E-state index in [4.69, 9.17) is 10.9 Å². The molecular formula is C8H19IN4O2S. The predicted molar refractivity (Wildman–Crippen MR) is 75.3 cm³/mol. The van der Waals surface area contributed by atoms with E-state index in [0.717, 1.165) is 25.9 Å². The summed E-state index contributed by atoms with van der Waals surface area (Å²) in [5.74, 6) is 0.278. The summed E-state index contributed by atoms with van der Waals surface area (Å²) < 4.78 is 21.3. The second-order valence-electron chi connectivity index (χ2n) is 3.65. The third-order valence-corrected chi connectivity index (χ3v) is 3.08. The summed E-state index contributed by atoms with van der Waals surface area (Å²) in [7, 11) is -3.43. The van der Waals surface area contributed by atoms with Crippen molar-refractivity contribution in [3.8, 4) is 0 Å². The standard InChI is InChI=1S/C8H18N4O2S.HI/c9-8(11-4-7-15(10,13)14)12-5-2-1-3-6-12;/h1-7H2,(H2,9,11)(H2,10,13,14);1H. The smallest absolute Gasteiger partial charge is 0.210 e. The fourth-order valence-corrected chi connectivity index (χ4v) is 1.86. The first-order chi connectivity index (χ1) is 6.99. The van der Waals surface area contributed by atoms with Gasteiger partial charge < -0.3 is 10.6 Å². The van der Waals surface area contributed by atoms with Gasteiger partial charge in [0.1, 0.15) is 0 Å². The Balaban J connectivity index is 0.00000225. The zero-order chi connectivity index (χ0) is 11.3. The fourth-order valence-electron chi connectivity index (χ4n) is 1.51. The molecule has 0 radical (unpaired) electrons. The van der Waals surface area contributed by atoms with Gasteiger partial charge in [-0.3, -0.25) is 4.99 Å². The van der Waals surface area contributed by atoms with Crippen molar-refractivity contribution in [2.45, 2.75) is 19.3 Å². The molecule has 1 saturated heterocycles. The highest BCUT2D eigenvalue weighted by Crippen LogP contribution is 2.07. The van der Waals surface area contributed by atoms with Gasteiger partial charge >= 0.3 is 0 Å². The van der Waals surface area contributed by atoms with Crippen molar-refractivity contribution in [1.29, 1.82) is 0 Å². The van der Waals surface area contributed by atoms with Crippen molar-refractivity contribution < 1.29 is 8.42 Å². The number of hydrogen-bond acceptors (Lipinski definition) is 3. The quantitative estimate of drug-likeness (QED) is 0.409. The van der Waals surface area contributed by atoms with E-state index in [1.165, 1.54) is 6.42 Å². The normalized spacial score (nSPS) is 18.1. The van der Waals surface area contributed by atoms with E-state index in [2.05, 4.69) is 4.99 Å². The monoisotopic (exact) mass is 362 g/mol. The van der Waals surface area contributed by atoms with Crippen LogP contribution in [-0.2, 0) is 10.0 Å². The van der Waals surface area contributed by atoms with Crippen LogP contribution in [0.4, 0.5) is 0 Å². The molecule has 6 nitrogen and oxygen atoms in total. The van der Waals surface area contributed by atoms with Gasteiger partial charge in [-0.25, -0.2) is 13.6 Å². The van der Waals surface area contributed by atoms with Crippen LogP contribution in [0.15, 0.2) is 4.99 Å². The maximum absolute atomic E-state index is 10.6. The van der Waals surface area contributed by atoms with Crippen LogP contribution in [0.1, 0.15) is 19.3 Å². The second kappa shape index (κ2) is 7.28. The Labute approximate surface area is 114 Å². The molecule has 16 heavy (non-hydrogen) atoms. The summed E-state index contributed by atoms with van der Waals surface area (Å²) in [6.07, 6.45) is 3.46. The van der Waals surface area contributed by atoms with E-state index >= 15 is 0 Å². The molecular weight excluding hydrogens is 343 g/mol. The Morgan fingerprint density at radius 2 is 1.81 bits per heavy atom. The molecule has 0 aliphatic carbocycles. The number of hydrogen-bond donors (Lipinski definition) is 2. The predicted octanol–water partition coefficient (Wildman–Crippen LogP) is -0.306. The Morgan fingerprint density at radius 3 is 2.31 bits per heavy atom. The van der Waals surface area contributed by atoms with Crippen LogP contribution in [0.25, 0.3) is 0 Å². The van der Waals surface area contributed by atoms with Crippen LogP contribution in [0.2, 0.25) is 0 Å². The van der Waals surface area contributed by atoms with Crippen LogP contribution in [0.3, 0.4) is 0 Å². The van der Waals surface area contributed by atoms with Crippen molar-refractivity contribution >= 4 is 40.0 Å². The van der Waals surface area contributed by atoms with Crippen molar-refractivity contribution in [2.75, 3.05) is 25.4 Å². The molecule has 0 aromatic carbocycles. The topological polar surface area (TPSA) is 102 Å². The van der Waals surface area contributed by atoms with Gasteiger partial charge in [0, 0.05) is 13.1 Å². The summed E-state index contributed by atoms with van der Waals surface area (Å²) in [5.41, 5.74) is 5.72. The van der Waals surface area contributed by atoms with Crippen molar-refractivity contribution in [3.63, 3.8) is 0 Å². The number of nitrogens with zero attached hydrogens (tertiary/aromatic N) is 2. The average molecular weight is 362 g/mol. The van der Waals surface area contributed by atoms with Crippen molar-refractivity contribution in [1.82, 2.24) is 4.90 Å². The number of piperidine rings is 1. The number of halogens is 1. The fraction of sp³-hybridized carbons (Fsp3) is 0.875. The lowest BCUT2D eigenvalue weighted by Crippen LogP contribution is -2.41. The first-order valence-corrected chi connectivity index (χ1v) is 6.76. The summed E-state index contributed by atoms with van der Waals surface area (Å²) in [5, 5.41) is 4.85. The highest BCUT2D eigenvalue weighted by Gasteiger charge is 2.11. The van der Waals surface area contributed by atoms with Gasteiger partial charge in [-0.05, 0) is 19.3 Å². The Kier molecular flexibility index (Phi) is 7.24. The number of guanidine groups is 1. The van der Waals surface area contributed by atoms with E-state index in [0.29, 0.717) is 5.96 Å². The summed E-state index contributed by atoms with van der Waals surface area (Å²) in [6.45, 7) is 1.95. The van der Waals surface area contributed by atoms with Crippen LogP contribution >= 0.6 is 24.0 Å². The maximum atomic E-state index is 10.6. The van der Waals surface area contributed by atoms with Crippen LogP contribution in [0.5, 0.6) is 0 Å². The molecule has 96 valence electrons. The molecule has 0 atom stereocenters. The third kappa shape index (κ3) is 6.48. The Hall–Kier alpha value is -0.0900. The van der Waals surface area contributed by atoms with E-state index < -0.39 is 10.0 Å². The molecule has 0 aromatic rings. The SMILES string of the molecule is I.NC(=NCCS(N)(=O)=O)N1CCCCC1. The van der Waals surface area contributed by atoms with Gasteiger partial charge in [0.25, 0.3) is 0 Å². The lowest BCUT2D eigenvalue weighted by atomic mass is 10.1. The molecule has 1 fully saturated rings. The van der Waals surface area contributed by atoms with Crippen molar-refractivity contribution in [3.05, 3.63) is 0 Å². The number of sulfonamides is 1. The first-order valence-electron chi connectivity index (χ1n) is 5.04.